The molecule has 1 saturated heterocycles. The van der Waals surface area contributed by atoms with Crippen molar-refractivity contribution in [1.82, 2.24) is 0 Å². The zero-order chi connectivity index (χ0) is 11.2. The summed E-state index contributed by atoms with van der Waals surface area (Å²) in [5, 5.41) is 9.11. The van der Waals surface area contributed by atoms with Crippen molar-refractivity contribution in [1.29, 1.82) is 0 Å². The third-order valence-corrected chi connectivity index (χ3v) is 4.36. The lowest BCUT2D eigenvalue weighted by Crippen LogP contribution is -2.03. The van der Waals surface area contributed by atoms with Crippen LogP contribution in [0.1, 0.15) is 20.3 Å². The smallest absolute Gasteiger partial charge is 0.307 e. The van der Waals surface area contributed by atoms with Crippen molar-refractivity contribution in [3.63, 3.8) is 0 Å². The molecule has 2 atom stereocenters. The lowest BCUT2D eigenvalue weighted by atomic mass is 10.1. The Morgan fingerprint density at radius 2 is 2.27 bits per heavy atom. The van der Waals surface area contributed by atoms with Gasteiger partial charge in [-0.2, -0.15) is 0 Å². The van der Waals surface area contributed by atoms with Crippen LogP contribution < -0.4 is 0 Å². The standard InChI is InChI=1S/C11H14O3S/c1-11(2)7(8(11)9(12)13)5-6-3-4-15-10(6)14/h5,7-8H,3-4H2,1-2H3,(H,12,13). The van der Waals surface area contributed by atoms with Crippen molar-refractivity contribution in [3.8, 4) is 0 Å². The molecule has 2 unspecified atom stereocenters. The van der Waals surface area contributed by atoms with Crippen LogP contribution in [0, 0.1) is 17.3 Å². The van der Waals surface area contributed by atoms with Crippen LogP contribution >= 0.6 is 11.8 Å². The molecule has 4 heteroatoms. The predicted molar refractivity (Wildman–Crippen MR) is 58.6 cm³/mol. The van der Waals surface area contributed by atoms with Gasteiger partial charge in [-0.05, 0) is 17.8 Å². The molecule has 2 fully saturated rings. The van der Waals surface area contributed by atoms with Crippen LogP contribution in [0.15, 0.2) is 11.6 Å². The molecule has 1 saturated carbocycles. The molecule has 2 rings (SSSR count). The molecule has 0 aromatic heterocycles. The summed E-state index contributed by atoms with van der Waals surface area (Å²) in [7, 11) is 0. The highest BCUT2D eigenvalue weighted by atomic mass is 32.2. The number of hydrogen-bond donors (Lipinski definition) is 1. The Morgan fingerprint density at radius 1 is 1.60 bits per heavy atom. The molecule has 1 aliphatic carbocycles. The second-order valence-electron chi connectivity index (χ2n) is 4.74. The second kappa shape index (κ2) is 3.37. The number of aliphatic carboxylic acids is 1. The zero-order valence-corrected chi connectivity index (χ0v) is 9.63. The summed E-state index contributed by atoms with van der Waals surface area (Å²) in [6.45, 7) is 3.89. The summed E-state index contributed by atoms with van der Waals surface area (Å²) >= 11 is 1.33. The van der Waals surface area contributed by atoms with E-state index in [0.29, 0.717) is 0 Å². The Kier molecular flexibility index (Phi) is 2.41. The summed E-state index contributed by atoms with van der Waals surface area (Å²) in [6.07, 6.45) is 2.68. The molecule has 1 heterocycles. The molecule has 0 spiro atoms. The number of carboxylic acid groups (broad SMARTS) is 1. The van der Waals surface area contributed by atoms with Gasteiger partial charge in [0.05, 0.1) is 5.92 Å². The number of rotatable bonds is 2. The van der Waals surface area contributed by atoms with Gasteiger partial charge in [-0.3, -0.25) is 9.59 Å². The van der Waals surface area contributed by atoms with Crippen molar-refractivity contribution < 1.29 is 14.7 Å². The number of carbonyl (C=O) groups excluding carboxylic acids is 1. The highest BCUT2D eigenvalue weighted by Crippen LogP contribution is 2.59. The number of hydrogen-bond acceptors (Lipinski definition) is 3. The quantitative estimate of drug-likeness (QED) is 0.731. The van der Waals surface area contributed by atoms with Crippen LogP contribution in [-0.2, 0) is 9.59 Å². The van der Waals surface area contributed by atoms with Crippen molar-refractivity contribution in [2.45, 2.75) is 20.3 Å². The van der Waals surface area contributed by atoms with Gasteiger partial charge in [-0.15, -0.1) is 0 Å². The van der Waals surface area contributed by atoms with Gasteiger partial charge in [0.15, 0.2) is 0 Å². The van der Waals surface area contributed by atoms with E-state index >= 15 is 0 Å². The molecular formula is C11H14O3S. The molecule has 1 aliphatic heterocycles. The van der Waals surface area contributed by atoms with Gasteiger partial charge in [0.25, 0.3) is 0 Å². The Labute approximate surface area is 92.9 Å². The molecule has 0 aromatic carbocycles. The van der Waals surface area contributed by atoms with Gasteiger partial charge in [-0.1, -0.05) is 31.7 Å². The summed E-state index contributed by atoms with van der Waals surface area (Å²) < 4.78 is 0. The molecule has 15 heavy (non-hydrogen) atoms. The molecule has 1 N–H and O–H groups in total. The molecular weight excluding hydrogens is 212 g/mol. The molecule has 0 amide bonds. The largest absolute Gasteiger partial charge is 0.481 e. The van der Waals surface area contributed by atoms with Crippen molar-refractivity contribution in [2.24, 2.45) is 17.3 Å². The second-order valence-corrected chi connectivity index (χ2v) is 5.81. The highest BCUT2D eigenvalue weighted by molar-refractivity contribution is 8.14. The zero-order valence-electron chi connectivity index (χ0n) is 8.82. The Balaban J connectivity index is 2.15. The number of carboxylic acids is 1. The van der Waals surface area contributed by atoms with E-state index in [4.69, 9.17) is 5.11 Å². The predicted octanol–water partition coefficient (Wildman–Crippen LogP) is 1.93. The van der Waals surface area contributed by atoms with Crippen LogP contribution in [0.3, 0.4) is 0 Å². The van der Waals surface area contributed by atoms with Gasteiger partial charge >= 0.3 is 5.97 Å². The third-order valence-electron chi connectivity index (χ3n) is 3.42. The van der Waals surface area contributed by atoms with E-state index in [2.05, 4.69) is 0 Å². The first-order valence-electron chi connectivity index (χ1n) is 5.05. The third kappa shape index (κ3) is 1.71. The van der Waals surface area contributed by atoms with Crippen LogP contribution in [0.4, 0.5) is 0 Å². The Hall–Kier alpha value is -0.770. The van der Waals surface area contributed by atoms with E-state index in [1.165, 1.54) is 11.8 Å². The monoisotopic (exact) mass is 226 g/mol. The number of thioether (sulfide) groups is 1. The lowest BCUT2D eigenvalue weighted by molar-refractivity contribution is -0.139. The Bertz CT molecular complexity index is 357. The van der Waals surface area contributed by atoms with Crippen molar-refractivity contribution in [3.05, 3.63) is 11.6 Å². The molecule has 2 aliphatic rings. The SMILES string of the molecule is CC1(C)C(C=C2CCSC2=O)C1C(=O)O. The van der Waals surface area contributed by atoms with Crippen LogP contribution in [0.5, 0.6) is 0 Å². The van der Waals surface area contributed by atoms with E-state index in [0.717, 1.165) is 17.7 Å². The van der Waals surface area contributed by atoms with Gasteiger partial charge in [-0.25, -0.2) is 0 Å². The van der Waals surface area contributed by atoms with E-state index in [1.54, 1.807) is 0 Å². The number of carbonyl (C=O) groups is 2. The van der Waals surface area contributed by atoms with Gasteiger partial charge in [0.1, 0.15) is 0 Å². The minimum atomic E-state index is -0.750. The summed E-state index contributed by atoms with van der Waals surface area (Å²) in [4.78, 5) is 22.3. The van der Waals surface area contributed by atoms with Crippen LogP contribution in [0.2, 0.25) is 0 Å². The summed E-state index contributed by atoms with van der Waals surface area (Å²) in [5.41, 5.74) is 0.633. The van der Waals surface area contributed by atoms with E-state index in [9.17, 15) is 9.59 Å². The first kappa shape index (κ1) is 10.7. The molecule has 3 nitrogen and oxygen atoms in total. The molecule has 0 aromatic rings. The van der Waals surface area contributed by atoms with E-state index in [-0.39, 0.29) is 22.4 Å². The van der Waals surface area contributed by atoms with Crippen molar-refractivity contribution >= 4 is 22.8 Å². The van der Waals surface area contributed by atoms with Crippen LogP contribution in [0.25, 0.3) is 0 Å². The van der Waals surface area contributed by atoms with Crippen molar-refractivity contribution in [2.75, 3.05) is 5.75 Å². The fraction of sp³-hybridized carbons (Fsp3) is 0.636. The van der Waals surface area contributed by atoms with Gasteiger partial charge < -0.3 is 5.11 Å². The molecule has 0 radical (unpaired) electrons. The first-order valence-corrected chi connectivity index (χ1v) is 6.04. The van der Waals surface area contributed by atoms with Gasteiger partial charge in [0.2, 0.25) is 5.12 Å². The average molecular weight is 226 g/mol. The maximum absolute atomic E-state index is 11.4. The number of allylic oxidation sites excluding steroid dienone is 1. The summed E-state index contributed by atoms with van der Waals surface area (Å²) in [6, 6.07) is 0. The highest BCUT2D eigenvalue weighted by Gasteiger charge is 2.61. The normalized spacial score (nSPS) is 35.9. The lowest BCUT2D eigenvalue weighted by Gasteiger charge is -1.97. The topological polar surface area (TPSA) is 54.4 Å². The van der Waals surface area contributed by atoms with Gasteiger partial charge in [0, 0.05) is 11.3 Å². The van der Waals surface area contributed by atoms with E-state index < -0.39 is 5.97 Å². The minimum absolute atomic E-state index is 0.0349. The minimum Gasteiger partial charge on any atom is -0.481 e. The van der Waals surface area contributed by atoms with Crippen LogP contribution in [-0.4, -0.2) is 21.9 Å². The fourth-order valence-corrected chi connectivity index (χ4v) is 3.14. The molecule has 0 bridgehead atoms. The maximum Gasteiger partial charge on any atom is 0.307 e. The average Bonchev–Trinajstić information content (AvgIpc) is 2.47. The molecule has 82 valence electrons. The summed E-state index contributed by atoms with van der Waals surface area (Å²) in [5.74, 6) is -0.189. The fourth-order valence-electron chi connectivity index (χ4n) is 2.28. The Morgan fingerprint density at radius 3 is 2.67 bits per heavy atom. The first-order chi connectivity index (χ1) is 6.94. The van der Waals surface area contributed by atoms with E-state index in [1.807, 2.05) is 19.9 Å². The maximum atomic E-state index is 11.4.